The minimum absolute atomic E-state index is 0.148. The molecule has 0 radical (unpaired) electrons. The molecule has 2 aromatic carbocycles. The summed E-state index contributed by atoms with van der Waals surface area (Å²) in [5.41, 5.74) is 1.87. The summed E-state index contributed by atoms with van der Waals surface area (Å²) in [5.74, 6) is 1.90. The molecule has 0 saturated carbocycles. The van der Waals surface area contributed by atoms with Crippen LogP contribution in [0.2, 0.25) is 0 Å². The number of fused-ring (bicyclic) bond motifs is 1. The minimum atomic E-state index is -3.76. The number of rotatable bonds is 8. The monoisotopic (exact) mass is 420 g/mol. The van der Waals surface area contributed by atoms with Gasteiger partial charge in [-0.1, -0.05) is 26.0 Å². The first-order valence-corrected chi connectivity index (χ1v) is 10.9. The van der Waals surface area contributed by atoms with Crippen LogP contribution in [0.4, 0.5) is 0 Å². The van der Waals surface area contributed by atoms with Gasteiger partial charge in [0, 0.05) is 12.6 Å². The third kappa shape index (κ3) is 4.66. The molecule has 0 saturated heterocycles. The molecular formula is C21H28N2O5S. The number of hydrogen-bond donors (Lipinski definition) is 1. The summed E-state index contributed by atoms with van der Waals surface area (Å²) in [6.45, 7) is 4.44. The molecule has 7 nitrogen and oxygen atoms in total. The van der Waals surface area contributed by atoms with Crippen molar-refractivity contribution < 1.29 is 22.6 Å². The van der Waals surface area contributed by atoms with Crippen molar-refractivity contribution >= 4 is 10.0 Å². The number of benzene rings is 2. The average molecular weight is 421 g/mol. The normalized spacial score (nSPS) is 14.4. The number of methoxy groups -OCH3 is 1. The van der Waals surface area contributed by atoms with Gasteiger partial charge in [0.05, 0.1) is 7.11 Å². The topological polar surface area (TPSA) is 77.1 Å². The smallest absolute Gasteiger partial charge is 0.244 e. The summed E-state index contributed by atoms with van der Waals surface area (Å²) >= 11 is 0. The summed E-state index contributed by atoms with van der Waals surface area (Å²) in [6.07, 6.45) is 0. The van der Waals surface area contributed by atoms with Crippen LogP contribution in [0.5, 0.6) is 17.2 Å². The Morgan fingerprint density at radius 3 is 2.41 bits per heavy atom. The molecule has 0 aliphatic carbocycles. The molecular weight excluding hydrogens is 392 g/mol. The molecule has 0 fully saturated rings. The highest BCUT2D eigenvalue weighted by atomic mass is 32.2. The zero-order valence-electron chi connectivity index (χ0n) is 17.4. The van der Waals surface area contributed by atoms with Crippen molar-refractivity contribution in [3.05, 3.63) is 47.5 Å². The largest absolute Gasteiger partial charge is 0.495 e. The maximum atomic E-state index is 13.1. The third-order valence-electron chi connectivity index (χ3n) is 5.02. The average Bonchev–Trinajstić information content (AvgIpc) is 3.15. The Balaban J connectivity index is 1.85. The van der Waals surface area contributed by atoms with Crippen LogP contribution in [0.15, 0.2) is 41.3 Å². The van der Waals surface area contributed by atoms with E-state index in [1.807, 2.05) is 57.1 Å². The Kier molecular flexibility index (Phi) is 6.36. The summed E-state index contributed by atoms with van der Waals surface area (Å²) in [5, 5.41) is 0. The Morgan fingerprint density at radius 2 is 1.76 bits per heavy atom. The fourth-order valence-corrected chi connectivity index (χ4v) is 4.49. The van der Waals surface area contributed by atoms with Crippen molar-refractivity contribution in [2.75, 3.05) is 34.5 Å². The molecule has 1 aliphatic heterocycles. The van der Waals surface area contributed by atoms with E-state index >= 15 is 0 Å². The number of likely N-dealkylation sites (N-methyl/N-ethyl adjacent to an activating group) is 1. The molecule has 158 valence electrons. The van der Waals surface area contributed by atoms with E-state index in [1.165, 1.54) is 7.11 Å². The van der Waals surface area contributed by atoms with Gasteiger partial charge in [0.25, 0.3) is 0 Å². The molecule has 1 unspecified atom stereocenters. The van der Waals surface area contributed by atoms with Crippen LogP contribution in [0.25, 0.3) is 0 Å². The van der Waals surface area contributed by atoms with Crippen LogP contribution >= 0.6 is 0 Å². The zero-order valence-corrected chi connectivity index (χ0v) is 18.2. The molecule has 0 aromatic heterocycles. The molecule has 2 aromatic rings. The Hall–Kier alpha value is -2.29. The van der Waals surface area contributed by atoms with Gasteiger partial charge in [-0.25, -0.2) is 13.1 Å². The van der Waals surface area contributed by atoms with Crippen LogP contribution in [0.3, 0.4) is 0 Å². The van der Waals surface area contributed by atoms with Crippen LogP contribution in [0, 0.1) is 0 Å². The zero-order chi connectivity index (χ0) is 21.2. The number of ether oxygens (including phenoxy) is 3. The molecule has 1 heterocycles. The van der Waals surface area contributed by atoms with E-state index in [-0.39, 0.29) is 30.2 Å². The summed E-state index contributed by atoms with van der Waals surface area (Å²) in [7, 11) is 1.52. The van der Waals surface area contributed by atoms with Crippen LogP contribution < -0.4 is 18.9 Å². The molecule has 29 heavy (non-hydrogen) atoms. The van der Waals surface area contributed by atoms with E-state index in [4.69, 9.17) is 14.2 Å². The molecule has 3 rings (SSSR count). The lowest BCUT2D eigenvalue weighted by atomic mass is 10.0. The SMILES string of the molecule is COc1ccc(C(C)C)cc1S(=O)(=O)NCC(c1ccc2c(c1)OCO2)N(C)C. The van der Waals surface area contributed by atoms with Crippen molar-refractivity contribution in [1.29, 1.82) is 0 Å². The van der Waals surface area contributed by atoms with E-state index < -0.39 is 10.0 Å². The van der Waals surface area contributed by atoms with E-state index in [0.29, 0.717) is 17.2 Å². The van der Waals surface area contributed by atoms with Gasteiger partial charge in [0.2, 0.25) is 16.8 Å². The Labute approximate surface area is 172 Å². The molecule has 1 aliphatic rings. The van der Waals surface area contributed by atoms with Gasteiger partial charge in [-0.2, -0.15) is 0 Å². The van der Waals surface area contributed by atoms with Crippen molar-refractivity contribution in [3.8, 4) is 17.2 Å². The summed E-state index contributed by atoms with van der Waals surface area (Å²) in [4.78, 5) is 2.11. The number of nitrogens with one attached hydrogen (secondary N) is 1. The van der Waals surface area contributed by atoms with Crippen molar-refractivity contribution in [2.24, 2.45) is 0 Å². The van der Waals surface area contributed by atoms with Gasteiger partial charge in [-0.15, -0.1) is 0 Å². The molecule has 0 amide bonds. The number of hydrogen-bond acceptors (Lipinski definition) is 6. The van der Waals surface area contributed by atoms with E-state index in [2.05, 4.69) is 4.72 Å². The Morgan fingerprint density at radius 1 is 1.07 bits per heavy atom. The highest BCUT2D eigenvalue weighted by Crippen LogP contribution is 2.35. The van der Waals surface area contributed by atoms with Gasteiger partial charge in [-0.3, -0.25) is 0 Å². The molecule has 1 atom stereocenters. The van der Waals surface area contributed by atoms with Crippen molar-refractivity contribution in [3.63, 3.8) is 0 Å². The van der Waals surface area contributed by atoms with E-state index in [0.717, 1.165) is 11.1 Å². The first-order valence-electron chi connectivity index (χ1n) is 9.46. The molecule has 0 bridgehead atoms. The molecule has 8 heteroatoms. The van der Waals surface area contributed by atoms with Gasteiger partial charge in [-0.05, 0) is 55.4 Å². The van der Waals surface area contributed by atoms with Crippen molar-refractivity contribution in [2.45, 2.75) is 30.7 Å². The third-order valence-corrected chi connectivity index (χ3v) is 6.46. The Bertz CT molecular complexity index is 973. The molecule has 0 spiro atoms. The van der Waals surface area contributed by atoms with Gasteiger partial charge in [0.15, 0.2) is 11.5 Å². The van der Waals surface area contributed by atoms with Gasteiger partial charge in [0.1, 0.15) is 10.6 Å². The van der Waals surface area contributed by atoms with E-state index in [9.17, 15) is 8.42 Å². The minimum Gasteiger partial charge on any atom is -0.495 e. The maximum absolute atomic E-state index is 13.1. The number of nitrogens with zero attached hydrogens (tertiary/aromatic N) is 1. The fourth-order valence-electron chi connectivity index (χ4n) is 3.25. The predicted octanol–water partition coefficient (Wildman–Crippen LogP) is 3.13. The lowest BCUT2D eigenvalue weighted by Crippen LogP contribution is -2.34. The second-order valence-electron chi connectivity index (χ2n) is 7.51. The van der Waals surface area contributed by atoms with Crippen LogP contribution in [-0.2, 0) is 10.0 Å². The lowest BCUT2D eigenvalue weighted by Gasteiger charge is -2.25. The van der Waals surface area contributed by atoms with Crippen LogP contribution in [-0.4, -0.2) is 47.9 Å². The maximum Gasteiger partial charge on any atom is 0.244 e. The summed E-state index contributed by atoms with van der Waals surface area (Å²) in [6, 6.07) is 10.7. The fraction of sp³-hybridized carbons (Fsp3) is 0.429. The van der Waals surface area contributed by atoms with Crippen molar-refractivity contribution in [1.82, 2.24) is 9.62 Å². The number of sulfonamides is 1. The first kappa shape index (κ1) is 21.4. The second-order valence-corrected chi connectivity index (χ2v) is 9.24. The first-order chi connectivity index (χ1) is 13.7. The second kappa shape index (κ2) is 8.61. The molecule has 1 N–H and O–H groups in total. The predicted molar refractivity (Wildman–Crippen MR) is 111 cm³/mol. The lowest BCUT2D eigenvalue weighted by molar-refractivity contribution is 0.174. The highest BCUT2D eigenvalue weighted by molar-refractivity contribution is 7.89. The summed E-state index contributed by atoms with van der Waals surface area (Å²) < 4.78 is 45.0. The van der Waals surface area contributed by atoms with Gasteiger partial charge < -0.3 is 19.1 Å². The van der Waals surface area contributed by atoms with Gasteiger partial charge >= 0.3 is 0 Å². The quantitative estimate of drug-likeness (QED) is 0.707. The highest BCUT2D eigenvalue weighted by Gasteiger charge is 2.25. The standard InChI is InChI=1S/C21H28N2O5S/c1-14(2)15-6-9-19(26-5)21(11-15)29(24,25)22-12-17(23(3)4)16-7-8-18-20(10-16)28-13-27-18/h6-11,14,17,22H,12-13H2,1-5H3. The van der Waals surface area contributed by atoms with E-state index in [1.54, 1.807) is 12.1 Å². The van der Waals surface area contributed by atoms with Crippen LogP contribution in [0.1, 0.15) is 36.9 Å².